The predicted octanol–water partition coefficient (Wildman–Crippen LogP) is 1.01. The van der Waals surface area contributed by atoms with Gasteiger partial charge in [-0.25, -0.2) is 0 Å². The first-order valence-corrected chi connectivity index (χ1v) is 6.21. The van der Waals surface area contributed by atoms with Crippen LogP contribution in [-0.4, -0.2) is 49.7 Å². The van der Waals surface area contributed by atoms with Gasteiger partial charge in [-0.1, -0.05) is 6.92 Å². The number of carbonyl (C=O) groups is 1. The maximum atomic E-state index is 11.6. The first-order chi connectivity index (χ1) is 7.62. The molecule has 1 atom stereocenters. The molecule has 1 N–H and O–H groups in total. The number of ether oxygens (including phenoxy) is 1. The van der Waals surface area contributed by atoms with Crippen LogP contribution in [0.4, 0.5) is 0 Å². The Kier molecular flexibility index (Phi) is 5.22. The Bertz CT molecular complexity index is 229. The van der Waals surface area contributed by atoms with Gasteiger partial charge in [0.1, 0.15) is 0 Å². The van der Waals surface area contributed by atoms with Gasteiger partial charge < -0.3 is 15.0 Å². The molecule has 0 aromatic rings. The molecule has 1 fully saturated rings. The summed E-state index contributed by atoms with van der Waals surface area (Å²) in [6.45, 7) is 7.35. The number of nitrogens with zero attached hydrogens (tertiary/aromatic N) is 1. The lowest BCUT2D eigenvalue weighted by molar-refractivity contribution is -0.145. The molecule has 1 unspecified atom stereocenters. The van der Waals surface area contributed by atoms with Crippen molar-refractivity contribution in [1.82, 2.24) is 10.2 Å². The van der Waals surface area contributed by atoms with Crippen LogP contribution in [0, 0.1) is 0 Å². The fourth-order valence-electron chi connectivity index (χ4n) is 2.58. The highest BCUT2D eigenvalue weighted by atomic mass is 16.5. The Hall–Kier alpha value is -0.610. The lowest BCUT2D eigenvalue weighted by Gasteiger charge is -2.41. The molecule has 1 aliphatic rings. The van der Waals surface area contributed by atoms with Crippen LogP contribution in [0.2, 0.25) is 0 Å². The Morgan fingerprint density at radius 2 is 2.25 bits per heavy atom. The van der Waals surface area contributed by atoms with Gasteiger partial charge >= 0.3 is 5.97 Å². The molecule has 16 heavy (non-hydrogen) atoms. The number of likely N-dealkylation sites (tertiary alicyclic amines) is 1. The average molecular weight is 228 g/mol. The highest BCUT2D eigenvalue weighted by Gasteiger charge is 2.35. The Morgan fingerprint density at radius 3 is 2.81 bits per heavy atom. The fraction of sp³-hybridized carbons (Fsp3) is 0.917. The minimum absolute atomic E-state index is 0.0754. The minimum Gasteiger partial charge on any atom is -0.466 e. The SMILES string of the molecule is CCNC1(CC(=O)OCC)CCCN(C)C1. The van der Waals surface area contributed by atoms with Crippen molar-refractivity contribution in [2.45, 2.75) is 38.6 Å². The van der Waals surface area contributed by atoms with Crippen LogP contribution in [0.1, 0.15) is 33.1 Å². The molecule has 94 valence electrons. The molecule has 0 amide bonds. The average Bonchev–Trinajstić information content (AvgIpc) is 2.17. The van der Waals surface area contributed by atoms with E-state index in [1.54, 1.807) is 0 Å². The van der Waals surface area contributed by atoms with Crippen molar-refractivity contribution in [2.24, 2.45) is 0 Å². The number of hydrogen-bond acceptors (Lipinski definition) is 4. The molecule has 1 heterocycles. The van der Waals surface area contributed by atoms with Crippen molar-refractivity contribution in [3.8, 4) is 0 Å². The molecule has 0 aromatic carbocycles. The van der Waals surface area contributed by atoms with Crippen molar-refractivity contribution in [2.75, 3.05) is 33.3 Å². The molecule has 0 aliphatic carbocycles. The zero-order chi connectivity index (χ0) is 12.0. The van der Waals surface area contributed by atoms with Crippen LogP contribution in [0.3, 0.4) is 0 Å². The second kappa shape index (κ2) is 6.21. The highest BCUT2D eigenvalue weighted by molar-refractivity contribution is 5.71. The summed E-state index contributed by atoms with van der Waals surface area (Å²) in [4.78, 5) is 13.9. The molecular weight excluding hydrogens is 204 g/mol. The number of rotatable bonds is 5. The number of piperidine rings is 1. The standard InChI is InChI=1S/C12H24N2O2/c1-4-13-12(9-11(15)16-5-2)7-6-8-14(3)10-12/h13H,4-10H2,1-3H3. The van der Waals surface area contributed by atoms with Gasteiger partial charge in [0, 0.05) is 12.1 Å². The summed E-state index contributed by atoms with van der Waals surface area (Å²) in [7, 11) is 2.11. The normalized spacial score (nSPS) is 26.7. The molecule has 1 aliphatic heterocycles. The van der Waals surface area contributed by atoms with Crippen molar-refractivity contribution in [3.63, 3.8) is 0 Å². The van der Waals surface area contributed by atoms with E-state index in [1.165, 1.54) is 0 Å². The third-order valence-electron chi connectivity index (χ3n) is 3.11. The molecular formula is C12H24N2O2. The van der Waals surface area contributed by atoms with E-state index in [-0.39, 0.29) is 11.5 Å². The molecule has 0 saturated carbocycles. The van der Waals surface area contributed by atoms with Gasteiger partial charge in [-0.2, -0.15) is 0 Å². The van der Waals surface area contributed by atoms with Crippen molar-refractivity contribution in [1.29, 1.82) is 0 Å². The summed E-state index contributed by atoms with van der Waals surface area (Å²) in [5.41, 5.74) is -0.0754. The summed E-state index contributed by atoms with van der Waals surface area (Å²) in [5.74, 6) is -0.0845. The molecule has 1 rings (SSSR count). The Labute approximate surface area is 98.3 Å². The lowest BCUT2D eigenvalue weighted by atomic mass is 9.86. The number of nitrogens with one attached hydrogen (secondary N) is 1. The second-order valence-electron chi connectivity index (χ2n) is 4.63. The fourth-order valence-corrected chi connectivity index (χ4v) is 2.58. The second-order valence-corrected chi connectivity index (χ2v) is 4.63. The van der Waals surface area contributed by atoms with Crippen LogP contribution in [0.25, 0.3) is 0 Å². The Balaban J connectivity index is 2.60. The van der Waals surface area contributed by atoms with E-state index in [9.17, 15) is 4.79 Å². The van der Waals surface area contributed by atoms with Crippen molar-refractivity contribution < 1.29 is 9.53 Å². The summed E-state index contributed by atoms with van der Waals surface area (Å²) in [5, 5.41) is 3.48. The van der Waals surface area contributed by atoms with Crippen molar-refractivity contribution in [3.05, 3.63) is 0 Å². The highest BCUT2D eigenvalue weighted by Crippen LogP contribution is 2.24. The summed E-state index contributed by atoms with van der Waals surface area (Å²) in [6, 6.07) is 0. The van der Waals surface area contributed by atoms with E-state index in [0.717, 1.165) is 32.5 Å². The molecule has 4 nitrogen and oxygen atoms in total. The monoisotopic (exact) mass is 228 g/mol. The van der Waals surface area contributed by atoms with Gasteiger partial charge in [0.05, 0.1) is 13.0 Å². The van der Waals surface area contributed by atoms with Gasteiger partial charge in [-0.05, 0) is 39.9 Å². The van der Waals surface area contributed by atoms with Crippen LogP contribution < -0.4 is 5.32 Å². The topological polar surface area (TPSA) is 41.6 Å². The molecule has 1 saturated heterocycles. The van der Waals surface area contributed by atoms with E-state index in [4.69, 9.17) is 4.74 Å². The predicted molar refractivity (Wildman–Crippen MR) is 64.4 cm³/mol. The van der Waals surface area contributed by atoms with Crippen LogP contribution in [-0.2, 0) is 9.53 Å². The van der Waals surface area contributed by atoms with E-state index in [0.29, 0.717) is 13.0 Å². The van der Waals surface area contributed by atoms with Gasteiger partial charge in [0.2, 0.25) is 0 Å². The van der Waals surface area contributed by atoms with E-state index in [1.807, 2.05) is 6.92 Å². The summed E-state index contributed by atoms with van der Waals surface area (Å²) < 4.78 is 5.05. The van der Waals surface area contributed by atoms with Gasteiger partial charge in [0.25, 0.3) is 0 Å². The number of hydrogen-bond donors (Lipinski definition) is 1. The van der Waals surface area contributed by atoms with Crippen molar-refractivity contribution >= 4 is 5.97 Å². The largest absolute Gasteiger partial charge is 0.466 e. The quantitative estimate of drug-likeness (QED) is 0.713. The Morgan fingerprint density at radius 1 is 1.50 bits per heavy atom. The lowest BCUT2D eigenvalue weighted by Crippen LogP contribution is -2.57. The van der Waals surface area contributed by atoms with Crippen LogP contribution >= 0.6 is 0 Å². The summed E-state index contributed by atoms with van der Waals surface area (Å²) >= 11 is 0. The zero-order valence-corrected chi connectivity index (χ0v) is 10.7. The first-order valence-electron chi connectivity index (χ1n) is 6.21. The third-order valence-corrected chi connectivity index (χ3v) is 3.11. The molecule has 0 spiro atoms. The smallest absolute Gasteiger partial charge is 0.307 e. The third kappa shape index (κ3) is 3.76. The number of carbonyl (C=O) groups excluding carboxylic acids is 1. The molecule has 0 bridgehead atoms. The van der Waals surface area contributed by atoms with E-state index in [2.05, 4.69) is 24.2 Å². The zero-order valence-electron chi connectivity index (χ0n) is 10.7. The first kappa shape index (κ1) is 13.5. The minimum atomic E-state index is -0.0845. The van der Waals surface area contributed by atoms with Gasteiger partial charge in [-0.3, -0.25) is 4.79 Å². The van der Waals surface area contributed by atoms with Crippen LogP contribution in [0.15, 0.2) is 0 Å². The van der Waals surface area contributed by atoms with Gasteiger partial charge in [0.15, 0.2) is 0 Å². The molecule has 0 aromatic heterocycles. The summed E-state index contributed by atoms with van der Waals surface area (Å²) in [6.07, 6.45) is 2.69. The maximum Gasteiger partial charge on any atom is 0.307 e. The van der Waals surface area contributed by atoms with Crippen LogP contribution in [0.5, 0.6) is 0 Å². The van der Waals surface area contributed by atoms with Gasteiger partial charge in [-0.15, -0.1) is 0 Å². The van der Waals surface area contributed by atoms with E-state index < -0.39 is 0 Å². The van der Waals surface area contributed by atoms with E-state index >= 15 is 0 Å². The maximum absolute atomic E-state index is 11.6. The number of esters is 1. The molecule has 4 heteroatoms. The molecule has 0 radical (unpaired) electrons. The number of likely N-dealkylation sites (N-methyl/N-ethyl adjacent to an activating group) is 2.